The van der Waals surface area contributed by atoms with Crippen molar-refractivity contribution in [3.63, 3.8) is 0 Å². The molecule has 3 atom stereocenters. The minimum atomic E-state index is -0.557. The summed E-state index contributed by atoms with van der Waals surface area (Å²) in [4.78, 5) is 0. The van der Waals surface area contributed by atoms with Crippen LogP contribution in [0.4, 0.5) is 8.78 Å². The normalized spacial score (nSPS) is 29.3. The van der Waals surface area contributed by atoms with Gasteiger partial charge in [-0.1, -0.05) is 29.8 Å². The number of hydrogen-bond acceptors (Lipinski definition) is 1. The highest BCUT2D eigenvalue weighted by Gasteiger charge is 2.31. The van der Waals surface area contributed by atoms with Gasteiger partial charge in [-0.3, -0.25) is 0 Å². The van der Waals surface area contributed by atoms with Gasteiger partial charge in [0.05, 0.1) is 0 Å². The first-order chi connectivity index (χ1) is 8.88. The second kappa shape index (κ2) is 5.88. The summed E-state index contributed by atoms with van der Waals surface area (Å²) in [7, 11) is 0. The van der Waals surface area contributed by atoms with Gasteiger partial charge in [0, 0.05) is 16.1 Å². The molecule has 106 valence electrons. The lowest BCUT2D eigenvalue weighted by Crippen LogP contribution is -2.30. The van der Waals surface area contributed by atoms with Crippen molar-refractivity contribution in [1.29, 1.82) is 0 Å². The van der Waals surface area contributed by atoms with E-state index < -0.39 is 17.7 Å². The molecule has 1 saturated carbocycles. The summed E-state index contributed by atoms with van der Waals surface area (Å²) in [6.07, 6.45) is 3.06. The third-order valence-electron chi connectivity index (χ3n) is 4.10. The first-order valence-electron chi connectivity index (χ1n) is 6.78. The van der Waals surface area contributed by atoms with Gasteiger partial charge in [-0.05, 0) is 49.1 Å². The molecule has 1 aliphatic rings. The van der Waals surface area contributed by atoms with Crippen molar-refractivity contribution in [2.24, 2.45) is 23.5 Å². The average Bonchev–Trinajstić information content (AvgIpc) is 2.25. The lowest BCUT2D eigenvalue weighted by Gasteiger charge is -2.35. The van der Waals surface area contributed by atoms with Gasteiger partial charge in [0.15, 0.2) is 0 Å². The van der Waals surface area contributed by atoms with Crippen molar-refractivity contribution in [2.75, 3.05) is 0 Å². The van der Waals surface area contributed by atoms with Crippen molar-refractivity contribution in [1.82, 2.24) is 0 Å². The number of hydrogen-bond donors (Lipinski definition) is 1. The van der Waals surface area contributed by atoms with Crippen LogP contribution in [0.5, 0.6) is 0 Å². The fraction of sp³-hybridized carbons (Fsp3) is 0.600. The Morgan fingerprint density at radius 2 is 1.58 bits per heavy atom. The molecule has 0 saturated heterocycles. The summed E-state index contributed by atoms with van der Waals surface area (Å²) in [5.41, 5.74) is 6.19. The minimum Gasteiger partial charge on any atom is -0.324 e. The molecule has 2 rings (SSSR count). The van der Waals surface area contributed by atoms with Gasteiger partial charge in [-0.15, -0.1) is 0 Å². The molecular weight excluding hydrogens is 312 g/mol. The summed E-state index contributed by atoms with van der Waals surface area (Å²) >= 11 is 3.09. The van der Waals surface area contributed by atoms with E-state index in [1.165, 1.54) is 18.6 Å². The fourth-order valence-corrected chi connectivity index (χ4v) is 3.81. The monoisotopic (exact) mass is 331 g/mol. The van der Waals surface area contributed by atoms with E-state index in [1.807, 2.05) is 0 Å². The zero-order valence-electron chi connectivity index (χ0n) is 11.3. The van der Waals surface area contributed by atoms with E-state index in [0.29, 0.717) is 16.3 Å². The van der Waals surface area contributed by atoms with Crippen LogP contribution in [0.3, 0.4) is 0 Å². The molecular formula is C15H20BrF2N. The molecule has 2 N–H and O–H groups in total. The Balaban J connectivity index is 2.26. The molecule has 0 bridgehead atoms. The van der Waals surface area contributed by atoms with E-state index in [2.05, 4.69) is 29.8 Å². The van der Waals surface area contributed by atoms with Crippen molar-refractivity contribution >= 4 is 15.9 Å². The molecule has 1 fully saturated rings. The third-order valence-corrected chi connectivity index (χ3v) is 4.56. The van der Waals surface area contributed by atoms with Crippen molar-refractivity contribution in [3.05, 3.63) is 33.8 Å². The van der Waals surface area contributed by atoms with Crippen LogP contribution in [0.1, 0.15) is 44.7 Å². The van der Waals surface area contributed by atoms with Crippen LogP contribution in [0.25, 0.3) is 0 Å². The topological polar surface area (TPSA) is 26.0 Å². The highest BCUT2D eigenvalue weighted by molar-refractivity contribution is 9.10. The summed E-state index contributed by atoms with van der Waals surface area (Å²) in [6.45, 7) is 4.37. The molecule has 1 aromatic carbocycles. The van der Waals surface area contributed by atoms with Gasteiger partial charge in [0.1, 0.15) is 11.6 Å². The Labute approximate surface area is 121 Å². The first-order valence-corrected chi connectivity index (χ1v) is 7.57. The summed E-state index contributed by atoms with van der Waals surface area (Å²) in [5.74, 6) is 0.196. The first kappa shape index (κ1) is 14.9. The maximum Gasteiger partial charge on any atom is 0.132 e. The number of halogens is 3. The molecule has 19 heavy (non-hydrogen) atoms. The Kier molecular flexibility index (Phi) is 4.62. The lowest BCUT2D eigenvalue weighted by molar-refractivity contribution is 0.190. The van der Waals surface area contributed by atoms with Crippen LogP contribution in [-0.4, -0.2) is 0 Å². The molecule has 0 aliphatic heterocycles. The number of benzene rings is 1. The van der Waals surface area contributed by atoms with Crippen LogP contribution < -0.4 is 5.73 Å². The van der Waals surface area contributed by atoms with Gasteiger partial charge < -0.3 is 5.73 Å². The predicted molar refractivity (Wildman–Crippen MR) is 76.7 cm³/mol. The summed E-state index contributed by atoms with van der Waals surface area (Å²) < 4.78 is 28.3. The SMILES string of the molecule is CC1CC(C)CC(C(N)c2c(F)cc(Br)cc2F)C1. The van der Waals surface area contributed by atoms with E-state index in [4.69, 9.17) is 5.73 Å². The van der Waals surface area contributed by atoms with E-state index >= 15 is 0 Å². The van der Waals surface area contributed by atoms with Gasteiger partial charge in [-0.25, -0.2) is 8.78 Å². The highest BCUT2D eigenvalue weighted by atomic mass is 79.9. The lowest BCUT2D eigenvalue weighted by atomic mass is 9.72. The van der Waals surface area contributed by atoms with Crippen LogP contribution in [0, 0.1) is 29.4 Å². The minimum absolute atomic E-state index is 0.0366. The number of nitrogens with two attached hydrogens (primary N) is 1. The zero-order chi connectivity index (χ0) is 14.2. The molecule has 0 spiro atoms. The quantitative estimate of drug-likeness (QED) is 0.827. The zero-order valence-corrected chi connectivity index (χ0v) is 12.9. The summed E-state index contributed by atoms with van der Waals surface area (Å²) in [5, 5.41) is 0. The molecule has 4 heteroatoms. The largest absolute Gasteiger partial charge is 0.324 e. The van der Waals surface area contributed by atoms with E-state index in [9.17, 15) is 8.78 Å². The molecule has 1 aromatic rings. The maximum absolute atomic E-state index is 14.0. The second-order valence-corrected chi connectivity index (χ2v) is 6.90. The molecule has 1 aliphatic carbocycles. The standard InChI is InChI=1S/C15H20BrF2N/c1-8-3-9(2)5-10(4-8)15(19)14-12(17)6-11(16)7-13(14)18/h6-10,15H,3-5,19H2,1-2H3. The van der Waals surface area contributed by atoms with Crippen molar-refractivity contribution < 1.29 is 8.78 Å². The molecule has 0 aromatic heterocycles. The Hall–Kier alpha value is -0.480. The van der Waals surface area contributed by atoms with Crippen molar-refractivity contribution in [3.8, 4) is 0 Å². The van der Waals surface area contributed by atoms with Crippen LogP contribution >= 0.6 is 15.9 Å². The van der Waals surface area contributed by atoms with E-state index in [0.717, 1.165) is 12.8 Å². The van der Waals surface area contributed by atoms with E-state index in [1.54, 1.807) is 0 Å². The molecule has 0 radical (unpaired) electrons. The highest BCUT2D eigenvalue weighted by Crippen LogP contribution is 2.40. The molecule has 1 nitrogen and oxygen atoms in total. The van der Waals surface area contributed by atoms with E-state index in [-0.39, 0.29) is 11.5 Å². The van der Waals surface area contributed by atoms with Gasteiger partial charge >= 0.3 is 0 Å². The average molecular weight is 332 g/mol. The third kappa shape index (κ3) is 3.34. The van der Waals surface area contributed by atoms with Crippen LogP contribution in [0.2, 0.25) is 0 Å². The second-order valence-electron chi connectivity index (χ2n) is 5.99. The van der Waals surface area contributed by atoms with Gasteiger partial charge in [-0.2, -0.15) is 0 Å². The van der Waals surface area contributed by atoms with Gasteiger partial charge in [0.2, 0.25) is 0 Å². The predicted octanol–water partition coefficient (Wildman–Crippen LogP) is 4.80. The van der Waals surface area contributed by atoms with Gasteiger partial charge in [0.25, 0.3) is 0 Å². The van der Waals surface area contributed by atoms with Crippen LogP contribution in [-0.2, 0) is 0 Å². The summed E-state index contributed by atoms with van der Waals surface area (Å²) in [6, 6.07) is 2.01. The molecule has 0 amide bonds. The Bertz CT molecular complexity index is 430. The molecule has 0 heterocycles. The Morgan fingerprint density at radius 1 is 1.11 bits per heavy atom. The molecule has 3 unspecified atom stereocenters. The Morgan fingerprint density at radius 3 is 2.05 bits per heavy atom. The smallest absolute Gasteiger partial charge is 0.132 e. The maximum atomic E-state index is 14.0. The van der Waals surface area contributed by atoms with Crippen molar-refractivity contribution in [2.45, 2.75) is 39.2 Å². The van der Waals surface area contributed by atoms with Crippen LogP contribution in [0.15, 0.2) is 16.6 Å². The number of rotatable bonds is 2. The fourth-order valence-electron chi connectivity index (χ4n) is 3.41.